The minimum atomic E-state index is -4.46. The molecule has 0 radical (unpaired) electrons. The van der Waals surface area contributed by atoms with Gasteiger partial charge >= 0.3 is 6.18 Å². The third kappa shape index (κ3) is 2.39. The fourth-order valence-corrected chi connectivity index (χ4v) is 2.50. The zero-order valence-corrected chi connectivity index (χ0v) is 11.6. The van der Waals surface area contributed by atoms with Crippen molar-refractivity contribution in [2.45, 2.75) is 13.1 Å². The van der Waals surface area contributed by atoms with E-state index in [1.54, 1.807) is 31.2 Å². The number of hydrogen-bond donors (Lipinski definition) is 1. The van der Waals surface area contributed by atoms with Gasteiger partial charge in [0.1, 0.15) is 11.3 Å². The van der Waals surface area contributed by atoms with Crippen LogP contribution in [0.15, 0.2) is 48.5 Å². The highest BCUT2D eigenvalue weighted by atomic mass is 19.4. The van der Waals surface area contributed by atoms with Crippen molar-refractivity contribution in [1.29, 1.82) is 0 Å². The van der Waals surface area contributed by atoms with Gasteiger partial charge in [0.2, 0.25) is 0 Å². The van der Waals surface area contributed by atoms with Gasteiger partial charge in [0.05, 0.1) is 11.3 Å². The van der Waals surface area contributed by atoms with E-state index in [0.717, 1.165) is 6.07 Å². The van der Waals surface area contributed by atoms with Crippen molar-refractivity contribution in [3.05, 3.63) is 59.7 Å². The summed E-state index contributed by atoms with van der Waals surface area (Å²) in [5.74, 6) is -0.0526. The van der Waals surface area contributed by atoms with E-state index >= 15 is 0 Å². The second-order valence-corrected chi connectivity index (χ2v) is 5.05. The highest BCUT2D eigenvalue weighted by molar-refractivity contribution is 5.88. The molecule has 2 nitrogen and oxygen atoms in total. The van der Waals surface area contributed by atoms with Gasteiger partial charge in [-0.2, -0.15) is 13.2 Å². The van der Waals surface area contributed by atoms with E-state index in [1.807, 2.05) is 0 Å². The van der Waals surface area contributed by atoms with E-state index in [9.17, 15) is 18.3 Å². The summed E-state index contributed by atoms with van der Waals surface area (Å²) >= 11 is 0. The molecule has 112 valence electrons. The van der Waals surface area contributed by atoms with E-state index in [2.05, 4.69) is 4.98 Å². The number of nitrogens with zero attached hydrogens (tertiary/aromatic N) is 1. The lowest BCUT2D eigenvalue weighted by molar-refractivity contribution is -0.137. The molecule has 0 saturated heterocycles. The van der Waals surface area contributed by atoms with Crippen LogP contribution in [0.1, 0.15) is 11.1 Å². The zero-order valence-electron chi connectivity index (χ0n) is 11.6. The van der Waals surface area contributed by atoms with E-state index in [-0.39, 0.29) is 17.0 Å². The smallest absolute Gasteiger partial charge is 0.417 e. The van der Waals surface area contributed by atoms with Gasteiger partial charge in [-0.3, -0.25) is 0 Å². The number of fused-ring (bicyclic) bond motifs is 1. The van der Waals surface area contributed by atoms with E-state index in [0.29, 0.717) is 16.5 Å². The molecule has 0 aliphatic carbocycles. The molecule has 0 aliphatic rings. The number of aromatic nitrogens is 1. The van der Waals surface area contributed by atoms with Crippen LogP contribution in [0.5, 0.6) is 5.75 Å². The van der Waals surface area contributed by atoms with E-state index in [4.69, 9.17) is 0 Å². The molecule has 0 aliphatic heterocycles. The van der Waals surface area contributed by atoms with E-state index in [1.165, 1.54) is 18.2 Å². The number of para-hydroxylation sites is 1. The van der Waals surface area contributed by atoms with Crippen LogP contribution >= 0.6 is 0 Å². The van der Waals surface area contributed by atoms with Gasteiger partial charge < -0.3 is 5.11 Å². The summed E-state index contributed by atoms with van der Waals surface area (Å²) in [6.45, 7) is 1.71. The van der Waals surface area contributed by atoms with Crippen LogP contribution in [-0.4, -0.2) is 10.1 Å². The largest absolute Gasteiger partial charge is 0.506 e. The van der Waals surface area contributed by atoms with Crippen LogP contribution in [0.25, 0.3) is 22.2 Å². The molecule has 0 bridgehead atoms. The third-order valence-corrected chi connectivity index (χ3v) is 3.50. The maximum absolute atomic E-state index is 13.2. The second kappa shape index (κ2) is 5.02. The Morgan fingerprint density at radius 1 is 1.00 bits per heavy atom. The Balaban J connectivity index is 2.32. The highest BCUT2D eigenvalue weighted by Gasteiger charge is 2.34. The normalized spacial score (nSPS) is 11.8. The molecule has 1 aromatic heterocycles. The minimum absolute atomic E-state index is 0.0117. The van der Waals surface area contributed by atoms with Gasteiger partial charge in [0, 0.05) is 10.9 Å². The van der Waals surface area contributed by atoms with Crippen molar-refractivity contribution in [2.24, 2.45) is 0 Å². The number of phenolic OH excluding ortho intramolecular Hbond substituents is 1. The standard InChI is InChI=1S/C17H12F3NO/c1-10-9-11-5-4-8-14(22)16(11)21-15(10)12-6-2-3-7-13(12)17(18,19)20/h2-9,22H,1H3. The third-order valence-electron chi connectivity index (χ3n) is 3.50. The molecule has 1 N–H and O–H groups in total. The topological polar surface area (TPSA) is 33.1 Å². The fourth-order valence-electron chi connectivity index (χ4n) is 2.50. The first-order valence-electron chi connectivity index (χ1n) is 6.64. The van der Waals surface area contributed by atoms with Crippen LogP contribution < -0.4 is 0 Å². The molecule has 1 heterocycles. The monoisotopic (exact) mass is 303 g/mol. The van der Waals surface area contributed by atoms with Crippen molar-refractivity contribution in [3.8, 4) is 17.0 Å². The number of pyridine rings is 1. The number of aromatic hydroxyl groups is 1. The first kappa shape index (κ1) is 14.4. The Morgan fingerprint density at radius 3 is 2.45 bits per heavy atom. The summed E-state index contributed by atoms with van der Waals surface area (Å²) in [6.07, 6.45) is -4.46. The number of alkyl halides is 3. The molecule has 3 aromatic rings. The lowest BCUT2D eigenvalue weighted by Gasteiger charge is -2.14. The first-order valence-corrected chi connectivity index (χ1v) is 6.64. The van der Waals surface area contributed by atoms with Crippen LogP contribution in [0.3, 0.4) is 0 Å². The van der Waals surface area contributed by atoms with Crippen LogP contribution in [0, 0.1) is 6.92 Å². The SMILES string of the molecule is Cc1cc2cccc(O)c2nc1-c1ccccc1C(F)(F)F. The van der Waals surface area contributed by atoms with Crippen LogP contribution in [0.2, 0.25) is 0 Å². The number of hydrogen-bond acceptors (Lipinski definition) is 2. The Hall–Kier alpha value is -2.56. The number of aryl methyl sites for hydroxylation is 1. The van der Waals surface area contributed by atoms with Crippen molar-refractivity contribution in [3.63, 3.8) is 0 Å². The van der Waals surface area contributed by atoms with Crippen LogP contribution in [0.4, 0.5) is 13.2 Å². The molecule has 0 saturated carbocycles. The molecular formula is C17H12F3NO. The first-order chi connectivity index (χ1) is 10.4. The lowest BCUT2D eigenvalue weighted by atomic mass is 9.99. The lowest BCUT2D eigenvalue weighted by Crippen LogP contribution is -2.08. The Bertz CT molecular complexity index is 856. The summed E-state index contributed by atoms with van der Waals surface area (Å²) in [5.41, 5.74) is 0.412. The minimum Gasteiger partial charge on any atom is -0.506 e. The molecule has 0 atom stereocenters. The average molecular weight is 303 g/mol. The van der Waals surface area contributed by atoms with Gasteiger partial charge in [-0.25, -0.2) is 4.98 Å². The highest BCUT2D eigenvalue weighted by Crippen LogP contribution is 2.38. The van der Waals surface area contributed by atoms with Crippen molar-refractivity contribution < 1.29 is 18.3 Å². The van der Waals surface area contributed by atoms with Gasteiger partial charge in [-0.05, 0) is 30.7 Å². The number of benzene rings is 2. The molecule has 0 amide bonds. The predicted octanol–water partition coefficient (Wildman–Crippen LogP) is 4.93. The zero-order chi connectivity index (χ0) is 15.9. The summed E-state index contributed by atoms with van der Waals surface area (Å²) in [4.78, 5) is 4.27. The summed E-state index contributed by atoms with van der Waals surface area (Å²) in [5, 5.41) is 10.6. The molecule has 2 aromatic carbocycles. The molecular weight excluding hydrogens is 291 g/mol. The van der Waals surface area contributed by atoms with Crippen LogP contribution in [-0.2, 0) is 6.18 Å². The molecule has 22 heavy (non-hydrogen) atoms. The predicted molar refractivity (Wildman–Crippen MR) is 78.6 cm³/mol. The van der Waals surface area contributed by atoms with Gasteiger partial charge in [-0.1, -0.05) is 30.3 Å². The second-order valence-electron chi connectivity index (χ2n) is 5.05. The summed E-state index contributed by atoms with van der Waals surface area (Å²) < 4.78 is 39.5. The van der Waals surface area contributed by atoms with Gasteiger partial charge in [-0.15, -0.1) is 0 Å². The fraction of sp³-hybridized carbons (Fsp3) is 0.118. The average Bonchev–Trinajstić information content (AvgIpc) is 2.46. The molecule has 0 spiro atoms. The number of phenols is 1. The Kier molecular flexibility index (Phi) is 3.28. The van der Waals surface area contributed by atoms with Crippen molar-refractivity contribution in [2.75, 3.05) is 0 Å². The van der Waals surface area contributed by atoms with Gasteiger partial charge in [0.15, 0.2) is 0 Å². The molecule has 3 rings (SSSR count). The molecule has 5 heteroatoms. The van der Waals surface area contributed by atoms with E-state index < -0.39 is 11.7 Å². The molecule has 0 fully saturated rings. The maximum Gasteiger partial charge on any atom is 0.417 e. The van der Waals surface area contributed by atoms with Crippen molar-refractivity contribution >= 4 is 10.9 Å². The van der Waals surface area contributed by atoms with Gasteiger partial charge in [0.25, 0.3) is 0 Å². The summed E-state index contributed by atoms with van der Waals surface area (Å²) in [6, 6.07) is 11.9. The quantitative estimate of drug-likeness (QED) is 0.691. The number of halogens is 3. The van der Waals surface area contributed by atoms with Crippen molar-refractivity contribution in [1.82, 2.24) is 4.98 Å². The molecule has 0 unspecified atom stereocenters. The number of rotatable bonds is 1. The Morgan fingerprint density at radius 2 is 1.73 bits per heavy atom. The Labute approximate surface area is 124 Å². The maximum atomic E-state index is 13.2. The summed E-state index contributed by atoms with van der Waals surface area (Å²) in [7, 11) is 0.